The Bertz CT molecular complexity index is 970. The average Bonchev–Trinajstić information content (AvgIpc) is 2.68. The van der Waals surface area contributed by atoms with Crippen molar-refractivity contribution in [2.75, 3.05) is 6.61 Å². The lowest BCUT2D eigenvalue weighted by molar-refractivity contribution is -0.156. The normalized spacial score (nSPS) is 18.9. The number of benzene rings is 1. The Morgan fingerprint density at radius 2 is 1.93 bits per heavy atom. The van der Waals surface area contributed by atoms with Crippen molar-refractivity contribution in [3.63, 3.8) is 0 Å². The molecular weight excluding hydrogens is 381 g/mol. The number of pyridine rings is 1. The fraction of sp³-hybridized carbons (Fsp3) is 0.440. The lowest BCUT2D eigenvalue weighted by Crippen LogP contribution is -2.35. The summed E-state index contributed by atoms with van der Waals surface area (Å²) in [5.41, 5.74) is 4.18. The van der Waals surface area contributed by atoms with E-state index in [1.807, 2.05) is 19.9 Å². The van der Waals surface area contributed by atoms with Crippen molar-refractivity contribution in [3.8, 4) is 23.0 Å². The van der Waals surface area contributed by atoms with E-state index in [0.29, 0.717) is 17.9 Å². The van der Waals surface area contributed by atoms with Gasteiger partial charge in [0.05, 0.1) is 24.0 Å². The Morgan fingerprint density at radius 3 is 2.53 bits per heavy atom. The Hall–Kier alpha value is -2.71. The maximum atomic E-state index is 13.5. The maximum Gasteiger partial charge on any atom is 0.323 e. The number of aliphatic hydroxyl groups is 1. The Labute approximate surface area is 177 Å². The SMILES string of the molecule is CC(C)Cc1cc(-c2ccc(F)cc2)c(C#C[C@H]2C(=O)OCCC2O)c(C(C)C)n1. The molecule has 1 saturated heterocycles. The summed E-state index contributed by atoms with van der Waals surface area (Å²) in [6.45, 7) is 8.58. The summed E-state index contributed by atoms with van der Waals surface area (Å²) < 4.78 is 18.6. The Morgan fingerprint density at radius 1 is 1.23 bits per heavy atom. The first-order chi connectivity index (χ1) is 14.3. The van der Waals surface area contributed by atoms with Crippen LogP contribution in [0.15, 0.2) is 30.3 Å². The minimum absolute atomic E-state index is 0.101. The zero-order chi connectivity index (χ0) is 21.8. The van der Waals surface area contributed by atoms with Crippen LogP contribution in [0.5, 0.6) is 0 Å². The molecule has 1 aliphatic heterocycles. The molecule has 1 aliphatic rings. The summed E-state index contributed by atoms with van der Waals surface area (Å²) in [6.07, 6.45) is 0.345. The summed E-state index contributed by atoms with van der Waals surface area (Å²) in [6, 6.07) is 8.29. The van der Waals surface area contributed by atoms with Crippen LogP contribution in [0, 0.1) is 29.5 Å². The minimum atomic E-state index is -0.879. The van der Waals surface area contributed by atoms with E-state index in [4.69, 9.17) is 9.72 Å². The van der Waals surface area contributed by atoms with E-state index in [9.17, 15) is 14.3 Å². The summed E-state index contributed by atoms with van der Waals surface area (Å²) in [4.78, 5) is 16.9. The van der Waals surface area contributed by atoms with Gasteiger partial charge in [-0.2, -0.15) is 0 Å². The van der Waals surface area contributed by atoms with Gasteiger partial charge in [-0.25, -0.2) is 4.39 Å². The number of rotatable bonds is 4. The molecule has 4 nitrogen and oxygen atoms in total. The third-order valence-corrected chi connectivity index (χ3v) is 5.07. The summed E-state index contributed by atoms with van der Waals surface area (Å²) >= 11 is 0. The molecule has 2 heterocycles. The van der Waals surface area contributed by atoms with Crippen molar-refractivity contribution < 1.29 is 19.0 Å². The molecular formula is C25H28FNO3. The summed E-state index contributed by atoms with van der Waals surface area (Å²) in [7, 11) is 0. The van der Waals surface area contributed by atoms with Gasteiger partial charge in [0.25, 0.3) is 0 Å². The van der Waals surface area contributed by atoms with Crippen molar-refractivity contribution in [3.05, 3.63) is 53.1 Å². The number of hydrogen-bond acceptors (Lipinski definition) is 4. The molecule has 0 aliphatic carbocycles. The quantitative estimate of drug-likeness (QED) is 0.597. The van der Waals surface area contributed by atoms with Gasteiger partial charge in [-0.15, -0.1) is 0 Å². The fourth-order valence-electron chi connectivity index (χ4n) is 3.55. The second-order valence-corrected chi connectivity index (χ2v) is 8.45. The monoisotopic (exact) mass is 409 g/mol. The molecule has 2 atom stereocenters. The van der Waals surface area contributed by atoms with E-state index < -0.39 is 18.0 Å². The predicted octanol–water partition coefficient (Wildman–Crippen LogP) is 4.49. The molecule has 0 saturated carbocycles. The zero-order valence-electron chi connectivity index (χ0n) is 17.9. The molecule has 2 aromatic rings. The lowest BCUT2D eigenvalue weighted by atomic mass is 9.91. The van der Waals surface area contributed by atoms with Gasteiger partial charge in [-0.05, 0) is 42.0 Å². The van der Waals surface area contributed by atoms with Gasteiger partial charge < -0.3 is 9.84 Å². The first kappa shape index (κ1) is 22.0. The number of esters is 1. The smallest absolute Gasteiger partial charge is 0.323 e. The molecule has 5 heteroatoms. The van der Waals surface area contributed by atoms with Crippen LogP contribution in [-0.4, -0.2) is 28.8 Å². The largest absolute Gasteiger partial charge is 0.465 e. The standard InChI is InChI=1S/C25H28FNO3/c1-15(2)13-19-14-22(17-5-7-18(26)8-6-17)20(24(27-19)16(3)4)9-10-21-23(28)11-12-30-25(21)29/h5-8,14-16,21,23,28H,11-13H2,1-4H3/t21-,23?/m1/s1. The molecule has 30 heavy (non-hydrogen) atoms. The third kappa shape index (κ3) is 5.06. The Balaban J connectivity index is 2.17. The summed E-state index contributed by atoms with van der Waals surface area (Å²) in [5.74, 6) is 4.90. The molecule has 1 aromatic heterocycles. The van der Waals surface area contributed by atoms with Crippen molar-refractivity contribution in [2.45, 2.75) is 52.6 Å². The van der Waals surface area contributed by atoms with E-state index in [1.54, 1.807) is 12.1 Å². The number of carbonyl (C=O) groups excluding carboxylic acids is 1. The van der Waals surface area contributed by atoms with Crippen LogP contribution in [0.25, 0.3) is 11.1 Å². The van der Waals surface area contributed by atoms with Crippen LogP contribution in [-0.2, 0) is 16.0 Å². The highest BCUT2D eigenvalue weighted by Crippen LogP contribution is 2.31. The number of ether oxygens (including phenoxy) is 1. The second kappa shape index (κ2) is 9.40. The number of aromatic nitrogens is 1. The average molecular weight is 410 g/mol. The van der Waals surface area contributed by atoms with Crippen LogP contribution in [0.1, 0.15) is 57.0 Å². The molecule has 0 radical (unpaired) electrons. The number of aliphatic hydroxyl groups excluding tert-OH is 1. The van der Waals surface area contributed by atoms with Crippen molar-refractivity contribution in [1.82, 2.24) is 4.98 Å². The van der Waals surface area contributed by atoms with Gasteiger partial charge in [-0.1, -0.05) is 51.7 Å². The highest BCUT2D eigenvalue weighted by Gasteiger charge is 2.31. The molecule has 158 valence electrons. The molecule has 1 unspecified atom stereocenters. The second-order valence-electron chi connectivity index (χ2n) is 8.45. The van der Waals surface area contributed by atoms with Crippen LogP contribution < -0.4 is 0 Å². The number of cyclic esters (lactones) is 1. The molecule has 1 aromatic carbocycles. The highest BCUT2D eigenvalue weighted by molar-refractivity contribution is 5.78. The van der Waals surface area contributed by atoms with Gasteiger partial charge in [0.15, 0.2) is 0 Å². The van der Waals surface area contributed by atoms with Crippen LogP contribution in [0.3, 0.4) is 0 Å². The van der Waals surface area contributed by atoms with Crippen LogP contribution in [0.4, 0.5) is 4.39 Å². The number of carbonyl (C=O) groups is 1. The Kier molecular flexibility index (Phi) is 6.89. The number of nitrogens with zero attached hydrogens (tertiary/aromatic N) is 1. The zero-order valence-corrected chi connectivity index (χ0v) is 17.9. The van der Waals surface area contributed by atoms with Crippen molar-refractivity contribution in [2.24, 2.45) is 11.8 Å². The van der Waals surface area contributed by atoms with Gasteiger partial charge in [0, 0.05) is 17.7 Å². The third-order valence-electron chi connectivity index (χ3n) is 5.07. The maximum absolute atomic E-state index is 13.5. The van der Waals surface area contributed by atoms with E-state index in [1.165, 1.54) is 12.1 Å². The van der Waals surface area contributed by atoms with E-state index in [2.05, 4.69) is 25.7 Å². The van der Waals surface area contributed by atoms with Crippen LogP contribution in [0.2, 0.25) is 0 Å². The van der Waals surface area contributed by atoms with Gasteiger partial charge >= 0.3 is 5.97 Å². The molecule has 1 fully saturated rings. The topological polar surface area (TPSA) is 59.4 Å². The van der Waals surface area contributed by atoms with E-state index >= 15 is 0 Å². The predicted molar refractivity (Wildman–Crippen MR) is 114 cm³/mol. The first-order valence-electron chi connectivity index (χ1n) is 10.4. The van der Waals surface area contributed by atoms with Gasteiger partial charge in [0.2, 0.25) is 0 Å². The first-order valence-corrected chi connectivity index (χ1v) is 10.4. The van der Waals surface area contributed by atoms with Crippen molar-refractivity contribution in [1.29, 1.82) is 0 Å². The number of hydrogen-bond donors (Lipinski definition) is 1. The highest BCUT2D eigenvalue weighted by atomic mass is 19.1. The van der Waals surface area contributed by atoms with E-state index in [-0.39, 0.29) is 18.3 Å². The number of halogens is 1. The molecule has 0 bridgehead atoms. The lowest BCUT2D eigenvalue weighted by Gasteiger charge is -2.22. The molecule has 3 rings (SSSR count). The summed E-state index contributed by atoms with van der Waals surface area (Å²) in [5, 5.41) is 10.2. The molecule has 0 spiro atoms. The van der Waals surface area contributed by atoms with Crippen LogP contribution >= 0.6 is 0 Å². The fourth-order valence-corrected chi connectivity index (χ4v) is 3.55. The molecule has 0 amide bonds. The van der Waals surface area contributed by atoms with E-state index in [0.717, 1.165) is 28.9 Å². The van der Waals surface area contributed by atoms with Gasteiger partial charge in [0.1, 0.15) is 11.7 Å². The van der Waals surface area contributed by atoms with Gasteiger partial charge in [-0.3, -0.25) is 9.78 Å². The minimum Gasteiger partial charge on any atom is -0.465 e. The molecule has 1 N–H and O–H groups in total. The van der Waals surface area contributed by atoms with Crippen molar-refractivity contribution >= 4 is 5.97 Å².